The monoisotopic (exact) mass is 417 g/mol. The lowest BCUT2D eigenvalue weighted by Crippen LogP contribution is -2.22. The molecule has 1 aromatic carbocycles. The summed E-state index contributed by atoms with van der Waals surface area (Å²) in [7, 11) is 0. The number of anilines is 2. The predicted octanol–water partition coefficient (Wildman–Crippen LogP) is 5.59. The van der Waals surface area contributed by atoms with Gasteiger partial charge in [0.2, 0.25) is 11.8 Å². The number of hydrogen-bond donors (Lipinski definition) is 0. The predicted molar refractivity (Wildman–Crippen MR) is 94.2 cm³/mol. The lowest BCUT2D eigenvalue weighted by Gasteiger charge is -2.23. The van der Waals surface area contributed by atoms with Crippen molar-refractivity contribution in [2.75, 3.05) is 11.4 Å². The van der Waals surface area contributed by atoms with Gasteiger partial charge in [0, 0.05) is 22.9 Å². The number of nitrogens with zero attached hydrogens (tertiary/aromatic N) is 3. The van der Waals surface area contributed by atoms with Crippen molar-refractivity contribution in [3.63, 3.8) is 0 Å². The Morgan fingerprint density at radius 1 is 1.20 bits per heavy atom. The number of benzene rings is 1. The van der Waals surface area contributed by atoms with Crippen LogP contribution >= 0.6 is 15.9 Å². The first-order valence-corrected chi connectivity index (χ1v) is 8.69. The molecule has 1 unspecified atom stereocenters. The number of aromatic nitrogens is 2. The highest BCUT2D eigenvalue weighted by molar-refractivity contribution is 9.10. The van der Waals surface area contributed by atoms with Crippen LogP contribution in [0.25, 0.3) is 0 Å². The smallest absolute Gasteiger partial charge is 0.423 e. The minimum Gasteiger partial charge on any atom is -0.474 e. The van der Waals surface area contributed by atoms with Crippen LogP contribution < -0.4 is 9.64 Å². The fraction of sp³-hybridized carbons (Fsp3) is 0.412. The van der Waals surface area contributed by atoms with E-state index in [9.17, 15) is 13.2 Å². The van der Waals surface area contributed by atoms with E-state index in [-0.39, 0.29) is 12.1 Å². The first kappa shape index (κ1) is 19.5. The molecule has 1 heterocycles. The Labute approximate surface area is 153 Å². The van der Waals surface area contributed by atoms with Crippen LogP contribution in [0, 0.1) is 0 Å². The second-order valence-electron chi connectivity index (χ2n) is 5.44. The van der Waals surface area contributed by atoms with E-state index in [0.29, 0.717) is 13.0 Å². The van der Waals surface area contributed by atoms with Crippen LogP contribution in [0.1, 0.15) is 32.8 Å². The van der Waals surface area contributed by atoms with Gasteiger partial charge in [0.05, 0.1) is 6.10 Å². The van der Waals surface area contributed by atoms with Crippen LogP contribution in [-0.4, -0.2) is 22.6 Å². The van der Waals surface area contributed by atoms with E-state index in [1.54, 1.807) is 11.8 Å². The van der Waals surface area contributed by atoms with Gasteiger partial charge in [-0.25, -0.2) is 4.98 Å². The molecule has 0 radical (unpaired) electrons. The molecule has 0 aliphatic carbocycles. The maximum Gasteiger partial charge on any atom is 0.423 e. The summed E-state index contributed by atoms with van der Waals surface area (Å²) in [6.45, 7) is 5.91. The molecular formula is C17H19BrF3N3O. The number of ether oxygens (including phenoxy) is 1. The third kappa shape index (κ3) is 4.84. The van der Waals surface area contributed by atoms with E-state index >= 15 is 0 Å². The molecule has 0 amide bonds. The molecule has 25 heavy (non-hydrogen) atoms. The number of rotatable bonds is 6. The van der Waals surface area contributed by atoms with Crippen LogP contribution in [-0.2, 0) is 6.18 Å². The van der Waals surface area contributed by atoms with E-state index in [2.05, 4.69) is 25.9 Å². The van der Waals surface area contributed by atoms with E-state index in [1.807, 2.05) is 38.1 Å². The number of halogens is 4. The summed E-state index contributed by atoms with van der Waals surface area (Å²) >= 11 is 3.36. The second-order valence-corrected chi connectivity index (χ2v) is 6.36. The molecule has 4 nitrogen and oxygen atoms in total. The Morgan fingerprint density at radius 2 is 1.84 bits per heavy atom. The van der Waals surface area contributed by atoms with Gasteiger partial charge in [0.15, 0.2) is 0 Å². The third-order valence-electron chi connectivity index (χ3n) is 3.63. The quantitative estimate of drug-likeness (QED) is 0.613. The van der Waals surface area contributed by atoms with E-state index in [1.165, 1.54) is 0 Å². The lowest BCUT2D eigenvalue weighted by molar-refractivity contribution is -0.139. The second kappa shape index (κ2) is 8.03. The largest absolute Gasteiger partial charge is 0.474 e. The van der Waals surface area contributed by atoms with Gasteiger partial charge in [-0.2, -0.15) is 18.2 Å². The van der Waals surface area contributed by atoms with Gasteiger partial charge < -0.3 is 9.64 Å². The van der Waals surface area contributed by atoms with Crippen LogP contribution in [0.2, 0.25) is 0 Å². The molecule has 136 valence electrons. The van der Waals surface area contributed by atoms with Crippen LogP contribution in [0.4, 0.5) is 24.8 Å². The first-order valence-electron chi connectivity index (χ1n) is 7.90. The molecule has 0 bridgehead atoms. The van der Waals surface area contributed by atoms with Crippen LogP contribution in [0.5, 0.6) is 5.88 Å². The van der Waals surface area contributed by atoms with Gasteiger partial charge in [-0.1, -0.05) is 22.9 Å². The van der Waals surface area contributed by atoms with Gasteiger partial charge >= 0.3 is 6.18 Å². The molecule has 1 aromatic heterocycles. The molecule has 0 aliphatic heterocycles. The zero-order valence-electron chi connectivity index (χ0n) is 14.1. The zero-order valence-corrected chi connectivity index (χ0v) is 15.7. The standard InChI is InChI=1S/C17H19BrF3N3O/c1-4-11(3)25-15-14(17(19,20)21)10-22-16(23-15)24(5-2)13-8-6-12(18)7-9-13/h6-11H,4-5H2,1-3H3. The average molecular weight is 418 g/mol. The maximum atomic E-state index is 13.2. The first-order chi connectivity index (χ1) is 11.8. The molecule has 2 aromatic rings. The number of alkyl halides is 3. The minimum atomic E-state index is -4.57. The summed E-state index contributed by atoms with van der Waals surface area (Å²) < 4.78 is 45.9. The third-order valence-corrected chi connectivity index (χ3v) is 4.16. The maximum absolute atomic E-state index is 13.2. The summed E-state index contributed by atoms with van der Waals surface area (Å²) in [6.07, 6.45) is -3.61. The van der Waals surface area contributed by atoms with Crippen molar-refractivity contribution in [2.24, 2.45) is 0 Å². The molecule has 8 heteroatoms. The van der Waals surface area contributed by atoms with Crippen molar-refractivity contribution in [1.29, 1.82) is 0 Å². The molecule has 1 atom stereocenters. The van der Waals surface area contributed by atoms with Crippen LogP contribution in [0.15, 0.2) is 34.9 Å². The summed E-state index contributed by atoms with van der Waals surface area (Å²) in [4.78, 5) is 9.69. The molecule has 0 saturated carbocycles. The van der Waals surface area contributed by atoms with E-state index < -0.39 is 17.6 Å². The highest BCUT2D eigenvalue weighted by atomic mass is 79.9. The number of hydrogen-bond acceptors (Lipinski definition) is 4. The van der Waals surface area contributed by atoms with E-state index in [0.717, 1.165) is 16.4 Å². The summed E-state index contributed by atoms with van der Waals surface area (Å²) in [5, 5.41) is 0. The zero-order chi connectivity index (χ0) is 18.6. The lowest BCUT2D eigenvalue weighted by atomic mass is 10.3. The van der Waals surface area contributed by atoms with Crippen molar-refractivity contribution in [3.8, 4) is 5.88 Å². The van der Waals surface area contributed by atoms with Gasteiger partial charge in [0.25, 0.3) is 0 Å². The van der Waals surface area contributed by atoms with Crippen molar-refractivity contribution in [2.45, 2.75) is 39.5 Å². The molecular weight excluding hydrogens is 399 g/mol. The highest BCUT2D eigenvalue weighted by Crippen LogP contribution is 2.36. The molecule has 0 fully saturated rings. The van der Waals surface area contributed by atoms with Gasteiger partial charge in [-0.3, -0.25) is 0 Å². The van der Waals surface area contributed by atoms with Crippen molar-refractivity contribution >= 4 is 27.6 Å². The molecule has 0 N–H and O–H groups in total. The fourth-order valence-electron chi connectivity index (χ4n) is 2.11. The summed E-state index contributed by atoms with van der Waals surface area (Å²) in [5.74, 6) is -0.279. The van der Waals surface area contributed by atoms with Gasteiger partial charge in [-0.05, 0) is 44.5 Å². The van der Waals surface area contributed by atoms with Crippen LogP contribution in [0.3, 0.4) is 0 Å². The topological polar surface area (TPSA) is 38.2 Å². The van der Waals surface area contributed by atoms with Gasteiger partial charge in [-0.15, -0.1) is 0 Å². The van der Waals surface area contributed by atoms with Crippen molar-refractivity contribution < 1.29 is 17.9 Å². The van der Waals surface area contributed by atoms with Gasteiger partial charge in [0.1, 0.15) is 5.56 Å². The highest BCUT2D eigenvalue weighted by Gasteiger charge is 2.37. The Morgan fingerprint density at radius 3 is 2.36 bits per heavy atom. The normalized spacial score (nSPS) is 12.8. The fourth-order valence-corrected chi connectivity index (χ4v) is 2.37. The van der Waals surface area contributed by atoms with E-state index in [4.69, 9.17) is 4.74 Å². The molecule has 0 aliphatic rings. The Kier molecular flexibility index (Phi) is 6.26. The van der Waals surface area contributed by atoms with Crippen molar-refractivity contribution in [1.82, 2.24) is 9.97 Å². The summed E-state index contributed by atoms with van der Waals surface area (Å²) in [6, 6.07) is 7.37. The SMILES string of the molecule is CCC(C)Oc1nc(N(CC)c2ccc(Br)cc2)ncc1C(F)(F)F. The Hall–Kier alpha value is -1.83. The Bertz CT molecular complexity index is 707. The average Bonchev–Trinajstić information content (AvgIpc) is 2.56. The molecule has 0 saturated heterocycles. The molecule has 0 spiro atoms. The minimum absolute atomic E-state index is 0.163. The Balaban J connectivity index is 2.46. The van der Waals surface area contributed by atoms with Crippen molar-refractivity contribution in [3.05, 3.63) is 40.5 Å². The molecule has 2 rings (SSSR count). The summed E-state index contributed by atoms with van der Waals surface area (Å²) in [5.41, 5.74) is -0.191.